The van der Waals surface area contributed by atoms with E-state index in [1.807, 2.05) is 66.7 Å². The van der Waals surface area contributed by atoms with Crippen molar-refractivity contribution in [3.8, 4) is 22.6 Å². The van der Waals surface area contributed by atoms with Gasteiger partial charge in [0.15, 0.2) is 0 Å². The molecule has 0 unspecified atom stereocenters. The van der Waals surface area contributed by atoms with Crippen molar-refractivity contribution in [3.63, 3.8) is 0 Å². The third kappa shape index (κ3) is 7.14. The van der Waals surface area contributed by atoms with Crippen molar-refractivity contribution in [3.05, 3.63) is 102 Å². The highest BCUT2D eigenvalue weighted by atomic mass is 16.5. The minimum atomic E-state index is -0.221. The van der Waals surface area contributed by atoms with Crippen LogP contribution in [0.3, 0.4) is 0 Å². The van der Waals surface area contributed by atoms with E-state index in [0.29, 0.717) is 22.7 Å². The van der Waals surface area contributed by atoms with Gasteiger partial charge in [0.05, 0.1) is 19.8 Å². The smallest absolute Gasteiger partial charge is 0.255 e. The standard InChI is InChI=1S/C39H45N5O3/c1-27-28(2)44(18-10-17-43-21-19-42(3)20-22-43)35-16-15-32(24-34(27)35)40-31-14-9-13-30(23-31)39(45)41-33-25-36(46-4)38(37(26-33)47-5)29-11-7-6-8-12-29/h6-9,11-16,23-26,40H,10,17-22H2,1-5H3,(H,41,45). The minimum Gasteiger partial charge on any atom is -0.496 e. The summed E-state index contributed by atoms with van der Waals surface area (Å²) in [6.07, 6.45) is 1.14. The number of aromatic nitrogens is 1. The number of methoxy groups -OCH3 is 2. The van der Waals surface area contributed by atoms with Gasteiger partial charge in [-0.1, -0.05) is 36.4 Å². The van der Waals surface area contributed by atoms with Gasteiger partial charge >= 0.3 is 0 Å². The molecule has 1 aliphatic heterocycles. The van der Waals surface area contributed by atoms with Crippen LogP contribution in [-0.2, 0) is 6.54 Å². The number of fused-ring (bicyclic) bond motifs is 1. The number of piperazine rings is 1. The van der Waals surface area contributed by atoms with E-state index in [1.165, 1.54) is 22.2 Å². The van der Waals surface area contributed by atoms with Gasteiger partial charge in [0.25, 0.3) is 5.91 Å². The molecule has 8 heteroatoms. The molecule has 0 aliphatic carbocycles. The topological polar surface area (TPSA) is 71.0 Å². The summed E-state index contributed by atoms with van der Waals surface area (Å²) in [4.78, 5) is 18.4. The van der Waals surface area contributed by atoms with E-state index in [0.717, 1.165) is 68.2 Å². The molecule has 1 aromatic heterocycles. The van der Waals surface area contributed by atoms with Crippen LogP contribution in [0.4, 0.5) is 17.1 Å². The molecule has 0 atom stereocenters. The predicted octanol–water partition coefficient (Wildman–Crippen LogP) is 7.58. The van der Waals surface area contributed by atoms with Crippen LogP contribution in [0.1, 0.15) is 28.0 Å². The fourth-order valence-corrected chi connectivity index (χ4v) is 6.52. The second kappa shape index (κ2) is 14.3. The largest absolute Gasteiger partial charge is 0.496 e. The third-order valence-electron chi connectivity index (χ3n) is 9.33. The average Bonchev–Trinajstić information content (AvgIpc) is 3.33. The van der Waals surface area contributed by atoms with E-state index in [2.05, 4.69) is 64.1 Å². The monoisotopic (exact) mass is 631 g/mol. The van der Waals surface area contributed by atoms with Gasteiger partial charge in [0.1, 0.15) is 11.5 Å². The van der Waals surface area contributed by atoms with E-state index >= 15 is 0 Å². The average molecular weight is 632 g/mol. The number of amides is 1. The van der Waals surface area contributed by atoms with E-state index in [9.17, 15) is 4.79 Å². The molecule has 1 saturated heterocycles. The van der Waals surface area contributed by atoms with Crippen molar-refractivity contribution in [2.24, 2.45) is 0 Å². The van der Waals surface area contributed by atoms with Gasteiger partial charge < -0.3 is 34.5 Å². The molecule has 47 heavy (non-hydrogen) atoms. The number of benzene rings is 4. The van der Waals surface area contributed by atoms with Crippen molar-refractivity contribution in [2.75, 3.05) is 64.6 Å². The first-order valence-electron chi connectivity index (χ1n) is 16.3. The van der Waals surface area contributed by atoms with Crippen molar-refractivity contribution in [1.29, 1.82) is 0 Å². The first kappa shape index (κ1) is 32.2. The first-order valence-corrected chi connectivity index (χ1v) is 16.3. The van der Waals surface area contributed by atoms with Gasteiger partial charge in [0, 0.05) is 84.1 Å². The zero-order valence-electron chi connectivity index (χ0n) is 28.1. The van der Waals surface area contributed by atoms with Crippen molar-refractivity contribution < 1.29 is 14.3 Å². The second-order valence-electron chi connectivity index (χ2n) is 12.4. The van der Waals surface area contributed by atoms with Crippen LogP contribution in [0.2, 0.25) is 0 Å². The summed E-state index contributed by atoms with van der Waals surface area (Å²) in [5.74, 6) is 1.01. The molecule has 4 aromatic carbocycles. The number of aryl methyl sites for hydroxylation is 2. The van der Waals surface area contributed by atoms with E-state index in [1.54, 1.807) is 14.2 Å². The Labute approximate surface area is 277 Å². The lowest BCUT2D eigenvalue weighted by atomic mass is 10.0. The van der Waals surface area contributed by atoms with Crippen LogP contribution >= 0.6 is 0 Å². The van der Waals surface area contributed by atoms with Crippen molar-refractivity contribution >= 4 is 33.9 Å². The van der Waals surface area contributed by atoms with Crippen molar-refractivity contribution in [2.45, 2.75) is 26.8 Å². The molecular formula is C39H45N5O3. The molecule has 6 rings (SSSR count). The third-order valence-corrected chi connectivity index (χ3v) is 9.33. The number of ether oxygens (including phenoxy) is 2. The van der Waals surface area contributed by atoms with Crippen LogP contribution in [0.5, 0.6) is 11.5 Å². The molecule has 1 amide bonds. The zero-order chi connectivity index (χ0) is 32.9. The van der Waals surface area contributed by atoms with Crippen LogP contribution in [0.15, 0.2) is 84.9 Å². The first-order chi connectivity index (χ1) is 22.8. The van der Waals surface area contributed by atoms with Gasteiger partial charge in [-0.3, -0.25) is 4.79 Å². The number of likely N-dealkylation sites (N-methyl/N-ethyl adjacent to an activating group) is 1. The lowest BCUT2D eigenvalue weighted by molar-refractivity contribution is 0.102. The Kier molecular flexibility index (Phi) is 9.80. The van der Waals surface area contributed by atoms with Gasteiger partial charge in [-0.25, -0.2) is 0 Å². The quantitative estimate of drug-likeness (QED) is 0.157. The fraction of sp³-hybridized carbons (Fsp3) is 0.308. The molecule has 0 bridgehead atoms. The molecule has 0 spiro atoms. The van der Waals surface area contributed by atoms with E-state index in [-0.39, 0.29) is 5.91 Å². The maximum atomic E-state index is 13.4. The van der Waals surface area contributed by atoms with Crippen LogP contribution in [0, 0.1) is 13.8 Å². The Morgan fingerprint density at radius 1 is 0.766 bits per heavy atom. The molecule has 1 aliphatic rings. The normalized spacial score (nSPS) is 13.9. The molecular weight excluding hydrogens is 586 g/mol. The minimum absolute atomic E-state index is 0.221. The molecule has 5 aromatic rings. The molecule has 2 heterocycles. The number of nitrogens with zero attached hydrogens (tertiary/aromatic N) is 3. The lowest BCUT2D eigenvalue weighted by Crippen LogP contribution is -2.44. The molecule has 8 nitrogen and oxygen atoms in total. The van der Waals surface area contributed by atoms with Gasteiger partial charge in [-0.15, -0.1) is 0 Å². The summed E-state index contributed by atoms with van der Waals surface area (Å²) in [6, 6.07) is 27.7. The Balaban J connectivity index is 1.15. The summed E-state index contributed by atoms with van der Waals surface area (Å²) < 4.78 is 13.9. The maximum Gasteiger partial charge on any atom is 0.255 e. The number of hydrogen-bond acceptors (Lipinski definition) is 6. The highest BCUT2D eigenvalue weighted by Gasteiger charge is 2.18. The number of nitrogens with one attached hydrogen (secondary N) is 2. The predicted molar refractivity (Wildman–Crippen MR) is 193 cm³/mol. The van der Waals surface area contributed by atoms with E-state index < -0.39 is 0 Å². The maximum absolute atomic E-state index is 13.4. The highest BCUT2D eigenvalue weighted by molar-refractivity contribution is 6.05. The van der Waals surface area contributed by atoms with Gasteiger partial charge in [-0.05, 0) is 81.4 Å². The van der Waals surface area contributed by atoms with E-state index in [4.69, 9.17) is 9.47 Å². The number of anilines is 3. The Morgan fingerprint density at radius 2 is 1.47 bits per heavy atom. The van der Waals surface area contributed by atoms with Gasteiger partial charge in [0.2, 0.25) is 0 Å². The number of carbonyl (C=O) groups is 1. The summed E-state index contributed by atoms with van der Waals surface area (Å²) in [7, 11) is 5.44. The summed E-state index contributed by atoms with van der Waals surface area (Å²) in [5.41, 5.74) is 8.65. The lowest BCUT2D eigenvalue weighted by Gasteiger charge is -2.32. The summed E-state index contributed by atoms with van der Waals surface area (Å²) in [5, 5.41) is 7.80. The fourth-order valence-electron chi connectivity index (χ4n) is 6.52. The number of carbonyl (C=O) groups excluding carboxylic acids is 1. The molecule has 1 fully saturated rings. The highest BCUT2D eigenvalue weighted by Crippen LogP contribution is 2.41. The summed E-state index contributed by atoms with van der Waals surface area (Å²) >= 11 is 0. The molecule has 0 radical (unpaired) electrons. The van der Waals surface area contributed by atoms with Crippen molar-refractivity contribution in [1.82, 2.24) is 14.4 Å². The van der Waals surface area contributed by atoms with Crippen LogP contribution < -0.4 is 20.1 Å². The Morgan fingerprint density at radius 3 is 2.17 bits per heavy atom. The van der Waals surface area contributed by atoms with Crippen LogP contribution in [0.25, 0.3) is 22.0 Å². The SMILES string of the molecule is COc1cc(NC(=O)c2cccc(Nc3ccc4c(c3)c(C)c(C)n4CCCN3CCN(C)CC3)c2)cc(OC)c1-c1ccccc1. The van der Waals surface area contributed by atoms with Crippen LogP contribution in [-0.4, -0.2) is 74.3 Å². The molecule has 244 valence electrons. The number of rotatable bonds is 11. The molecule has 0 saturated carbocycles. The molecule has 2 N–H and O–H groups in total. The number of hydrogen-bond donors (Lipinski definition) is 2. The Bertz CT molecular complexity index is 1830. The van der Waals surface area contributed by atoms with Gasteiger partial charge in [-0.2, -0.15) is 0 Å². The Hall–Kier alpha value is -4.79. The summed E-state index contributed by atoms with van der Waals surface area (Å²) in [6.45, 7) is 11.2. The zero-order valence-corrected chi connectivity index (χ0v) is 28.1. The second-order valence-corrected chi connectivity index (χ2v) is 12.4.